The predicted octanol–water partition coefficient (Wildman–Crippen LogP) is -0.525. The molecule has 0 aromatic carbocycles. The molecule has 0 heterocycles. The molecule has 0 aliphatic heterocycles. The van der Waals surface area contributed by atoms with E-state index in [0.717, 1.165) is 34.6 Å². The fourth-order valence-corrected chi connectivity index (χ4v) is 2.03. The van der Waals surface area contributed by atoms with Gasteiger partial charge in [-0.05, 0) is 0 Å². The van der Waals surface area contributed by atoms with E-state index in [1.54, 1.807) is 0 Å². The van der Waals surface area contributed by atoms with E-state index in [9.17, 15) is 28.8 Å². The summed E-state index contributed by atoms with van der Waals surface area (Å²) in [4.78, 5) is 68.0. The SMILES string of the molecule is CC(=O)OC[C@H](OC(C)=O)[C@@H](OC(C)=O)[C@@H](OC(C)=O)[C@@H](C=O)OC(C)=O. The van der Waals surface area contributed by atoms with Gasteiger partial charge in [0, 0.05) is 34.6 Å². The first-order chi connectivity index (χ1) is 12.5. The molecule has 0 aromatic rings. The number of hydrogen-bond donors (Lipinski definition) is 0. The van der Waals surface area contributed by atoms with E-state index < -0.39 is 60.9 Å². The number of carbonyl (C=O) groups is 6. The lowest BCUT2D eigenvalue weighted by atomic mass is 10.0. The molecule has 4 atom stereocenters. The molecule has 0 N–H and O–H groups in total. The van der Waals surface area contributed by atoms with Crippen molar-refractivity contribution in [1.29, 1.82) is 0 Å². The summed E-state index contributed by atoms with van der Waals surface area (Å²) >= 11 is 0. The second-order valence-electron chi connectivity index (χ2n) is 5.31. The van der Waals surface area contributed by atoms with Gasteiger partial charge in [-0.1, -0.05) is 0 Å². The minimum Gasteiger partial charge on any atom is -0.462 e. The Bertz CT molecular complexity index is 583. The van der Waals surface area contributed by atoms with E-state index >= 15 is 0 Å². The van der Waals surface area contributed by atoms with Gasteiger partial charge in [0.15, 0.2) is 30.7 Å². The Balaban J connectivity index is 6.00. The van der Waals surface area contributed by atoms with Crippen LogP contribution in [0.15, 0.2) is 0 Å². The van der Waals surface area contributed by atoms with Crippen molar-refractivity contribution in [3.05, 3.63) is 0 Å². The average molecular weight is 390 g/mol. The maximum Gasteiger partial charge on any atom is 0.303 e. The fourth-order valence-electron chi connectivity index (χ4n) is 2.03. The maximum absolute atomic E-state index is 11.5. The van der Waals surface area contributed by atoms with E-state index in [1.165, 1.54) is 0 Å². The van der Waals surface area contributed by atoms with Crippen molar-refractivity contribution in [3.63, 3.8) is 0 Å². The molecular weight excluding hydrogens is 368 g/mol. The zero-order valence-corrected chi connectivity index (χ0v) is 15.6. The van der Waals surface area contributed by atoms with Crippen LogP contribution >= 0.6 is 0 Å². The summed E-state index contributed by atoms with van der Waals surface area (Å²) < 4.78 is 24.6. The van der Waals surface area contributed by atoms with Crippen molar-refractivity contribution in [2.75, 3.05) is 6.61 Å². The lowest BCUT2D eigenvalue weighted by Gasteiger charge is -2.33. The molecule has 0 aliphatic rings. The molecule has 27 heavy (non-hydrogen) atoms. The van der Waals surface area contributed by atoms with Crippen molar-refractivity contribution in [3.8, 4) is 0 Å². The van der Waals surface area contributed by atoms with Gasteiger partial charge in [0.05, 0.1) is 0 Å². The molecule has 0 saturated heterocycles. The van der Waals surface area contributed by atoms with Crippen LogP contribution in [0, 0.1) is 0 Å². The largest absolute Gasteiger partial charge is 0.462 e. The van der Waals surface area contributed by atoms with Crippen LogP contribution in [-0.4, -0.2) is 67.2 Å². The molecule has 0 aliphatic carbocycles. The molecule has 0 saturated carbocycles. The third-order valence-electron chi connectivity index (χ3n) is 2.82. The van der Waals surface area contributed by atoms with Crippen LogP contribution in [0.3, 0.4) is 0 Å². The van der Waals surface area contributed by atoms with Crippen molar-refractivity contribution in [2.45, 2.75) is 59.0 Å². The summed E-state index contributed by atoms with van der Waals surface area (Å²) in [6.45, 7) is 4.56. The number of esters is 5. The molecular formula is C16H22O11. The zero-order valence-electron chi connectivity index (χ0n) is 15.6. The van der Waals surface area contributed by atoms with Crippen molar-refractivity contribution in [1.82, 2.24) is 0 Å². The summed E-state index contributed by atoms with van der Waals surface area (Å²) in [5, 5.41) is 0. The number of carbonyl (C=O) groups excluding carboxylic acids is 6. The van der Waals surface area contributed by atoms with Gasteiger partial charge in [-0.3, -0.25) is 28.8 Å². The molecule has 0 rings (SSSR count). The van der Waals surface area contributed by atoms with Gasteiger partial charge in [0.1, 0.15) is 6.61 Å². The van der Waals surface area contributed by atoms with E-state index in [-0.39, 0.29) is 6.29 Å². The van der Waals surface area contributed by atoms with Crippen molar-refractivity contribution in [2.24, 2.45) is 0 Å². The number of rotatable bonds is 10. The minimum absolute atomic E-state index is 0.155. The Morgan fingerprint density at radius 3 is 1.48 bits per heavy atom. The Morgan fingerprint density at radius 2 is 1.11 bits per heavy atom. The van der Waals surface area contributed by atoms with Gasteiger partial charge >= 0.3 is 29.8 Å². The second kappa shape index (κ2) is 11.6. The number of ether oxygens (including phenoxy) is 5. The lowest BCUT2D eigenvalue weighted by molar-refractivity contribution is -0.201. The lowest BCUT2D eigenvalue weighted by Crippen LogP contribution is -2.53. The topological polar surface area (TPSA) is 149 Å². The molecule has 0 spiro atoms. The van der Waals surface area contributed by atoms with Crippen LogP contribution in [0.1, 0.15) is 34.6 Å². The van der Waals surface area contributed by atoms with Crippen LogP contribution in [0.2, 0.25) is 0 Å². The standard InChI is InChI=1S/C16H22O11/c1-8(18)23-7-14(25-10(3)20)16(27-12(5)22)15(26-11(4)21)13(6-17)24-9(2)19/h6,13-16H,7H2,1-5H3/t13-,14+,15+,16-/m1/s1. The third kappa shape index (κ3) is 9.92. The van der Waals surface area contributed by atoms with Gasteiger partial charge in [-0.2, -0.15) is 0 Å². The Hall–Kier alpha value is -2.98. The van der Waals surface area contributed by atoms with Gasteiger partial charge in [-0.25, -0.2) is 0 Å². The van der Waals surface area contributed by atoms with E-state index in [2.05, 4.69) is 0 Å². The maximum atomic E-state index is 11.5. The molecule has 0 bridgehead atoms. The van der Waals surface area contributed by atoms with Crippen LogP contribution in [0.5, 0.6) is 0 Å². The van der Waals surface area contributed by atoms with Crippen LogP contribution in [0.4, 0.5) is 0 Å². The smallest absolute Gasteiger partial charge is 0.303 e. The third-order valence-corrected chi connectivity index (χ3v) is 2.82. The minimum atomic E-state index is -1.67. The fraction of sp³-hybridized carbons (Fsp3) is 0.625. The molecule has 11 heteroatoms. The first kappa shape index (κ1) is 24.0. The van der Waals surface area contributed by atoms with Crippen molar-refractivity contribution < 1.29 is 52.5 Å². The van der Waals surface area contributed by atoms with Gasteiger partial charge < -0.3 is 23.7 Å². The highest BCUT2D eigenvalue weighted by atomic mass is 16.6. The van der Waals surface area contributed by atoms with Crippen LogP contribution < -0.4 is 0 Å². The summed E-state index contributed by atoms with van der Waals surface area (Å²) in [5.41, 5.74) is 0. The second-order valence-corrected chi connectivity index (χ2v) is 5.31. The van der Waals surface area contributed by atoms with Gasteiger partial charge in [0.2, 0.25) is 0 Å². The van der Waals surface area contributed by atoms with Crippen LogP contribution in [0.25, 0.3) is 0 Å². The molecule has 11 nitrogen and oxygen atoms in total. The number of aldehydes is 1. The average Bonchev–Trinajstić information content (AvgIpc) is 2.51. The Labute approximate surface area is 155 Å². The van der Waals surface area contributed by atoms with Crippen LogP contribution in [-0.2, 0) is 52.5 Å². The molecule has 0 aromatic heterocycles. The number of hydrogen-bond acceptors (Lipinski definition) is 11. The Morgan fingerprint density at radius 1 is 0.667 bits per heavy atom. The molecule has 152 valence electrons. The summed E-state index contributed by atoms with van der Waals surface area (Å²) in [5.74, 6) is -4.23. The molecule has 0 fully saturated rings. The molecule has 0 radical (unpaired) electrons. The summed E-state index contributed by atoms with van der Waals surface area (Å²) in [6.07, 6.45) is -6.23. The van der Waals surface area contributed by atoms with E-state index in [0.29, 0.717) is 0 Å². The van der Waals surface area contributed by atoms with Crippen molar-refractivity contribution >= 4 is 36.1 Å². The first-order valence-electron chi connectivity index (χ1n) is 7.75. The quantitative estimate of drug-likeness (QED) is 0.269. The summed E-state index contributed by atoms with van der Waals surface area (Å²) in [7, 11) is 0. The predicted molar refractivity (Wildman–Crippen MR) is 84.9 cm³/mol. The highest BCUT2D eigenvalue weighted by molar-refractivity contribution is 5.72. The van der Waals surface area contributed by atoms with E-state index in [1.807, 2.05) is 0 Å². The van der Waals surface area contributed by atoms with Gasteiger partial charge in [-0.15, -0.1) is 0 Å². The zero-order chi connectivity index (χ0) is 21.1. The highest BCUT2D eigenvalue weighted by Crippen LogP contribution is 2.19. The molecule has 0 amide bonds. The first-order valence-corrected chi connectivity index (χ1v) is 7.75. The summed E-state index contributed by atoms with van der Waals surface area (Å²) in [6, 6.07) is 0. The van der Waals surface area contributed by atoms with E-state index in [4.69, 9.17) is 23.7 Å². The molecule has 0 unspecified atom stereocenters. The monoisotopic (exact) mass is 390 g/mol. The Kier molecular flexibility index (Phi) is 10.3. The van der Waals surface area contributed by atoms with Gasteiger partial charge in [0.25, 0.3) is 0 Å². The normalized spacial score (nSPS) is 14.6. The highest BCUT2D eigenvalue weighted by Gasteiger charge is 2.43.